The van der Waals surface area contributed by atoms with E-state index < -0.39 is 0 Å². The number of rotatable bonds is 8. The molecule has 0 aliphatic carbocycles. The van der Waals surface area contributed by atoms with Crippen molar-refractivity contribution in [3.05, 3.63) is 41.7 Å². The lowest BCUT2D eigenvalue weighted by Crippen LogP contribution is -2.27. The highest BCUT2D eigenvalue weighted by atomic mass is 16.5. The summed E-state index contributed by atoms with van der Waals surface area (Å²) in [4.78, 5) is 20.5. The van der Waals surface area contributed by atoms with Crippen LogP contribution in [0.4, 0.5) is 5.95 Å². The third-order valence-electron chi connectivity index (χ3n) is 3.45. The zero-order valence-corrected chi connectivity index (χ0v) is 15.0. The van der Waals surface area contributed by atoms with Crippen molar-refractivity contribution in [3.63, 3.8) is 0 Å². The minimum Gasteiger partial charge on any atom is -0.493 e. The number of carbonyl (C=O) groups is 1. The van der Waals surface area contributed by atoms with Crippen LogP contribution in [0.1, 0.15) is 29.9 Å². The Morgan fingerprint density at radius 2 is 1.92 bits per heavy atom. The standard InChI is InChI=1S/C18H24N4O3/c1-12(2)21-18-20-10-8-14(22-18)17(23)19-9-7-13-5-6-15(24-3)16(11-13)25-4/h5-6,8,10-12H,7,9H2,1-4H3,(H,19,23)(H,20,21,22). The third-order valence-corrected chi connectivity index (χ3v) is 3.45. The second-order valence-electron chi connectivity index (χ2n) is 5.76. The molecule has 0 fully saturated rings. The Morgan fingerprint density at radius 3 is 2.60 bits per heavy atom. The van der Waals surface area contributed by atoms with Crippen LogP contribution in [-0.4, -0.2) is 42.7 Å². The predicted molar refractivity (Wildman–Crippen MR) is 96.4 cm³/mol. The van der Waals surface area contributed by atoms with Crippen molar-refractivity contribution in [3.8, 4) is 11.5 Å². The maximum atomic E-state index is 12.2. The van der Waals surface area contributed by atoms with Gasteiger partial charge in [-0.3, -0.25) is 4.79 Å². The summed E-state index contributed by atoms with van der Waals surface area (Å²) >= 11 is 0. The number of methoxy groups -OCH3 is 2. The first-order valence-electron chi connectivity index (χ1n) is 8.12. The number of ether oxygens (including phenoxy) is 2. The molecule has 2 aromatic rings. The summed E-state index contributed by atoms with van der Waals surface area (Å²) < 4.78 is 10.5. The fourth-order valence-corrected chi connectivity index (χ4v) is 2.26. The highest BCUT2D eigenvalue weighted by molar-refractivity contribution is 5.92. The largest absolute Gasteiger partial charge is 0.493 e. The molecule has 0 saturated carbocycles. The Kier molecular flexibility index (Phi) is 6.56. The van der Waals surface area contributed by atoms with Gasteiger partial charge in [-0.1, -0.05) is 6.07 Å². The lowest BCUT2D eigenvalue weighted by molar-refractivity contribution is 0.0949. The van der Waals surface area contributed by atoms with Gasteiger partial charge < -0.3 is 20.1 Å². The van der Waals surface area contributed by atoms with Crippen molar-refractivity contribution in [2.75, 3.05) is 26.1 Å². The highest BCUT2D eigenvalue weighted by Gasteiger charge is 2.10. The maximum Gasteiger partial charge on any atom is 0.270 e. The number of anilines is 1. The molecule has 2 N–H and O–H groups in total. The van der Waals surface area contributed by atoms with Gasteiger partial charge in [0, 0.05) is 18.8 Å². The molecule has 1 heterocycles. The number of hydrogen-bond donors (Lipinski definition) is 2. The Balaban J connectivity index is 1.92. The van der Waals surface area contributed by atoms with E-state index in [1.807, 2.05) is 32.0 Å². The minimum absolute atomic E-state index is 0.198. The smallest absolute Gasteiger partial charge is 0.270 e. The Bertz CT molecular complexity index is 719. The second kappa shape index (κ2) is 8.86. The molecule has 0 bridgehead atoms. The van der Waals surface area contributed by atoms with Crippen LogP contribution >= 0.6 is 0 Å². The summed E-state index contributed by atoms with van der Waals surface area (Å²) in [6.45, 7) is 4.46. The van der Waals surface area contributed by atoms with E-state index >= 15 is 0 Å². The Hall–Kier alpha value is -2.83. The Labute approximate surface area is 147 Å². The van der Waals surface area contributed by atoms with Gasteiger partial charge in [-0.05, 0) is 44.0 Å². The molecule has 0 radical (unpaired) electrons. The average Bonchev–Trinajstić information content (AvgIpc) is 2.61. The van der Waals surface area contributed by atoms with E-state index in [-0.39, 0.29) is 11.9 Å². The van der Waals surface area contributed by atoms with Crippen LogP contribution in [0, 0.1) is 0 Å². The van der Waals surface area contributed by atoms with Crippen LogP contribution in [0.25, 0.3) is 0 Å². The second-order valence-corrected chi connectivity index (χ2v) is 5.76. The fraction of sp³-hybridized carbons (Fsp3) is 0.389. The number of aromatic nitrogens is 2. The molecular weight excluding hydrogens is 320 g/mol. The normalized spacial score (nSPS) is 10.4. The van der Waals surface area contributed by atoms with E-state index in [9.17, 15) is 4.79 Å². The molecular formula is C18H24N4O3. The van der Waals surface area contributed by atoms with E-state index in [0.29, 0.717) is 36.1 Å². The van der Waals surface area contributed by atoms with Gasteiger partial charge in [0.05, 0.1) is 14.2 Å². The van der Waals surface area contributed by atoms with E-state index in [1.165, 1.54) is 0 Å². The summed E-state index contributed by atoms with van der Waals surface area (Å²) in [5.41, 5.74) is 1.38. The third kappa shape index (κ3) is 5.34. The summed E-state index contributed by atoms with van der Waals surface area (Å²) in [6, 6.07) is 7.49. The van der Waals surface area contributed by atoms with Gasteiger partial charge in [0.1, 0.15) is 5.69 Å². The van der Waals surface area contributed by atoms with Crippen molar-refractivity contribution < 1.29 is 14.3 Å². The summed E-state index contributed by atoms with van der Waals surface area (Å²) in [5, 5.41) is 5.94. The van der Waals surface area contributed by atoms with E-state index in [4.69, 9.17) is 9.47 Å². The van der Waals surface area contributed by atoms with Gasteiger partial charge in [0.25, 0.3) is 5.91 Å². The summed E-state index contributed by atoms with van der Waals surface area (Å²) in [5.74, 6) is 1.57. The molecule has 0 atom stereocenters. The number of nitrogens with zero attached hydrogens (tertiary/aromatic N) is 2. The quantitative estimate of drug-likeness (QED) is 0.764. The van der Waals surface area contributed by atoms with Crippen LogP contribution < -0.4 is 20.1 Å². The average molecular weight is 344 g/mol. The van der Waals surface area contributed by atoms with Gasteiger partial charge in [0.2, 0.25) is 5.95 Å². The van der Waals surface area contributed by atoms with Gasteiger partial charge in [-0.25, -0.2) is 9.97 Å². The molecule has 7 heteroatoms. The Morgan fingerprint density at radius 1 is 1.16 bits per heavy atom. The molecule has 0 aliphatic heterocycles. The van der Waals surface area contributed by atoms with Gasteiger partial charge in [-0.2, -0.15) is 0 Å². The molecule has 1 aromatic carbocycles. The molecule has 134 valence electrons. The number of hydrogen-bond acceptors (Lipinski definition) is 6. The molecule has 0 spiro atoms. The maximum absolute atomic E-state index is 12.2. The molecule has 2 rings (SSSR count). The van der Waals surface area contributed by atoms with Crippen molar-refractivity contribution in [1.29, 1.82) is 0 Å². The van der Waals surface area contributed by atoms with Crippen LogP contribution in [0.2, 0.25) is 0 Å². The van der Waals surface area contributed by atoms with E-state index in [0.717, 1.165) is 5.56 Å². The predicted octanol–water partition coefficient (Wildman–Crippen LogP) is 2.29. The first kappa shape index (κ1) is 18.5. The molecule has 1 aromatic heterocycles. The first-order chi connectivity index (χ1) is 12.0. The fourth-order valence-electron chi connectivity index (χ4n) is 2.26. The lowest BCUT2D eigenvalue weighted by Gasteiger charge is -2.11. The lowest BCUT2D eigenvalue weighted by atomic mass is 10.1. The molecule has 25 heavy (non-hydrogen) atoms. The van der Waals surface area contributed by atoms with E-state index in [2.05, 4.69) is 20.6 Å². The molecule has 0 saturated heterocycles. The number of amides is 1. The molecule has 1 amide bonds. The van der Waals surface area contributed by atoms with Gasteiger partial charge in [0.15, 0.2) is 11.5 Å². The molecule has 0 unspecified atom stereocenters. The number of benzene rings is 1. The monoisotopic (exact) mass is 344 g/mol. The zero-order valence-electron chi connectivity index (χ0n) is 15.0. The SMILES string of the molecule is COc1ccc(CCNC(=O)c2ccnc(NC(C)C)n2)cc1OC. The molecule has 7 nitrogen and oxygen atoms in total. The van der Waals surface area contributed by atoms with Gasteiger partial charge in [-0.15, -0.1) is 0 Å². The van der Waals surface area contributed by atoms with Crippen molar-refractivity contribution in [1.82, 2.24) is 15.3 Å². The van der Waals surface area contributed by atoms with Crippen LogP contribution in [0.5, 0.6) is 11.5 Å². The van der Waals surface area contributed by atoms with Crippen LogP contribution in [0.3, 0.4) is 0 Å². The molecule has 0 aliphatic rings. The summed E-state index contributed by atoms with van der Waals surface area (Å²) in [6.07, 6.45) is 2.25. The first-order valence-corrected chi connectivity index (χ1v) is 8.12. The van der Waals surface area contributed by atoms with Crippen LogP contribution in [-0.2, 0) is 6.42 Å². The summed E-state index contributed by atoms with van der Waals surface area (Å²) in [7, 11) is 3.20. The van der Waals surface area contributed by atoms with Crippen LogP contribution in [0.15, 0.2) is 30.5 Å². The highest BCUT2D eigenvalue weighted by Crippen LogP contribution is 2.27. The van der Waals surface area contributed by atoms with Crippen molar-refractivity contribution in [2.45, 2.75) is 26.3 Å². The number of nitrogens with one attached hydrogen (secondary N) is 2. The zero-order chi connectivity index (χ0) is 18.2. The van der Waals surface area contributed by atoms with Gasteiger partial charge >= 0.3 is 0 Å². The van der Waals surface area contributed by atoms with Crippen molar-refractivity contribution in [2.24, 2.45) is 0 Å². The topological polar surface area (TPSA) is 85.4 Å². The van der Waals surface area contributed by atoms with E-state index in [1.54, 1.807) is 26.5 Å². The minimum atomic E-state index is -0.227. The number of carbonyl (C=O) groups excluding carboxylic acids is 1. The van der Waals surface area contributed by atoms with Crippen molar-refractivity contribution >= 4 is 11.9 Å².